The molecule has 24 heavy (non-hydrogen) atoms. The third kappa shape index (κ3) is 3.68. The van der Waals surface area contributed by atoms with Crippen molar-refractivity contribution in [2.75, 3.05) is 0 Å². The van der Waals surface area contributed by atoms with Gasteiger partial charge in [0.2, 0.25) is 0 Å². The second-order valence-electron chi connectivity index (χ2n) is 4.46. The van der Waals surface area contributed by atoms with Crippen LogP contribution in [-0.4, -0.2) is 22.0 Å². The molecule has 0 aliphatic heterocycles. The zero-order chi connectivity index (χ0) is 17.7. The summed E-state index contributed by atoms with van der Waals surface area (Å²) in [7, 11) is 0. The molecule has 0 aromatic heterocycles. The lowest BCUT2D eigenvalue weighted by atomic mass is 10.2. The average molecular weight is 329 g/mol. The Morgan fingerprint density at radius 3 is 2.46 bits per heavy atom. The summed E-state index contributed by atoms with van der Waals surface area (Å²) in [6.07, 6.45) is 0.963. The van der Waals surface area contributed by atoms with E-state index in [0.717, 1.165) is 18.3 Å². The van der Waals surface area contributed by atoms with Crippen LogP contribution < -0.4 is 10.5 Å². The molecule has 1 amide bonds. The molecule has 0 saturated carbocycles. The standard InChI is InChI=1S/C14H10N4O6/c19-13-10(4-2-6-12(13)18(23)24)8-15-16-14(20)9-3-1-5-11(7-9)17(21)22/h1-8,19H,(H,16,20)/p-1/b15-8-. The molecule has 2 rings (SSSR count). The lowest BCUT2D eigenvalue weighted by Gasteiger charge is -2.09. The normalized spacial score (nSPS) is 10.5. The SMILES string of the molecule is O=C(N/N=C\c1cccc([N+](=O)[O-])c1[O-])c1cccc([N+](=O)[O-])c1. The van der Waals surface area contributed by atoms with Gasteiger partial charge in [-0.3, -0.25) is 25.0 Å². The van der Waals surface area contributed by atoms with E-state index in [2.05, 4.69) is 10.5 Å². The third-order valence-corrected chi connectivity index (χ3v) is 2.91. The van der Waals surface area contributed by atoms with Gasteiger partial charge in [0.25, 0.3) is 17.3 Å². The summed E-state index contributed by atoms with van der Waals surface area (Å²) in [4.78, 5) is 31.7. The fourth-order valence-corrected chi connectivity index (χ4v) is 1.77. The Morgan fingerprint density at radius 1 is 1.08 bits per heavy atom. The van der Waals surface area contributed by atoms with Gasteiger partial charge in [-0.25, -0.2) is 5.43 Å². The van der Waals surface area contributed by atoms with Crippen molar-refractivity contribution in [1.29, 1.82) is 0 Å². The van der Waals surface area contributed by atoms with E-state index in [0.29, 0.717) is 0 Å². The van der Waals surface area contributed by atoms with Crippen LogP contribution in [0.1, 0.15) is 15.9 Å². The van der Waals surface area contributed by atoms with Crippen molar-refractivity contribution in [3.63, 3.8) is 0 Å². The van der Waals surface area contributed by atoms with Crippen molar-refractivity contribution < 1.29 is 19.7 Å². The molecule has 0 fully saturated rings. The Kier molecular flexibility index (Phi) is 4.80. The van der Waals surface area contributed by atoms with Crippen LogP contribution >= 0.6 is 0 Å². The van der Waals surface area contributed by atoms with Crippen molar-refractivity contribution in [3.05, 3.63) is 73.8 Å². The highest BCUT2D eigenvalue weighted by Crippen LogP contribution is 2.25. The van der Waals surface area contributed by atoms with Crippen molar-refractivity contribution in [2.24, 2.45) is 5.10 Å². The molecule has 0 aliphatic rings. The first-order valence-electron chi connectivity index (χ1n) is 6.42. The number of hydrogen-bond acceptors (Lipinski definition) is 7. The van der Waals surface area contributed by atoms with Gasteiger partial charge >= 0.3 is 0 Å². The highest BCUT2D eigenvalue weighted by Gasteiger charge is 2.11. The molecule has 122 valence electrons. The first-order valence-corrected chi connectivity index (χ1v) is 6.42. The largest absolute Gasteiger partial charge is 0.867 e. The summed E-state index contributed by atoms with van der Waals surface area (Å²) in [5.74, 6) is -1.57. The molecule has 0 heterocycles. The number of rotatable bonds is 5. The second-order valence-corrected chi connectivity index (χ2v) is 4.46. The smallest absolute Gasteiger partial charge is 0.271 e. The molecule has 1 N–H and O–H groups in total. The number of hydrogen-bond donors (Lipinski definition) is 1. The molecule has 0 saturated heterocycles. The number of carbonyl (C=O) groups excluding carboxylic acids is 1. The van der Waals surface area contributed by atoms with Crippen LogP contribution in [0.15, 0.2) is 47.6 Å². The quantitative estimate of drug-likeness (QED) is 0.496. The van der Waals surface area contributed by atoms with Crippen molar-refractivity contribution in [3.8, 4) is 5.75 Å². The highest BCUT2D eigenvalue weighted by atomic mass is 16.6. The van der Waals surface area contributed by atoms with E-state index in [4.69, 9.17) is 0 Å². The zero-order valence-corrected chi connectivity index (χ0v) is 11.9. The van der Waals surface area contributed by atoms with Crippen molar-refractivity contribution in [1.82, 2.24) is 5.43 Å². The minimum atomic E-state index is -0.837. The third-order valence-electron chi connectivity index (χ3n) is 2.91. The minimum Gasteiger partial charge on any atom is -0.867 e. The molecule has 10 nitrogen and oxygen atoms in total. The lowest BCUT2D eigenvalue weighted by molar-refractivity contribution is -0.398. The maximum atomic E-state index is 11.8. The van der Waals surface area contributed by atoms with Gasteiger partial charge in [0, 0.05) is 23.8 Å². The van der Waals surface area contributed by atoms with Crippen molar-refractivity contribution in [2.45, 2.75) is 0 Å². The molecule has 0 spiro atoms. The predicted molar refractivity (Wildman–Crippen MR) is 80.7 cm³/mol. The molecule has 0 bridgehead atoms. The number of hydrazone groups is 1. The van der Waals surface area contributed by atoms with E-state index in [9.17, 15) is 30.1 Å². The van der Waals surface area contributed by atoms with Gasteiger partial charge in [-0.1, -0.05) is 18.2 Å². The molecule has 0 unspecified atom stereocenters. The Morgan fingerprint density at radius 2 is 1.79 bits per heavy atom. The maximum Gasteiger partial charge on any atom is 0.271 e. The molecule has 10 heteroatoms. The molecular weight excluding hydrogens is 320 g/mol. The van der Waals surface area contributed by atoms with Crippen LogP contribution in [0, 0.1) is 20.2 Å². The molecular formula is C14H9N4O6-. The van der Waals surface area contributed by atoms with E-state index in [1.165, 1.54) is 30.3 Å². The lowest BCUT2D eigenvalue weighted by Crippen LogP contribution is -2.17. The molecule has 2 aromatic rings. The minimum absolute atomic E-state index is 0.00254. The fraction of sp³-hybridized carbons (Fsp3) is 0. The summed E-state index contributed by atoms with van der Waals surface area (Å²) >= 11 is 0. The second kappa shape index (κ2) is 6.96. The van der Waals surface area contributed by atoms with Crippen LogP contribution in [0.2, 0.25) is 0 Å². The Labute approximate surface area is 134 Å². The number of nitrogens with zero attached hydrogens (tertiary/aromatic N) is 3. The molecule has 0 aliphatic carbocycles. The number of amides is 1. The van der Waals surface area contributed by atoms with Gasteiger partial charge in [0.05, 0.1) is 16.1 Å². The average Bonchev–Trinajstić information content (AvgIpc) is 2.56. The molecule has 0 atom stereocenters. The number of nitrogens with one attached hydrogen (secondary N) is 1. The van der Waals surface area contributed by atoms with Gasteiger partial charge < -0.3 is 5.11 Å². The summed E-state index contributed by atoms with van der Waals surface area (Å²) in [5, 5.41) is 36.6. The Bertz CT molecular complexity index is 849. The molecule has 0 radical (unpaired) electrons. The first-order chi connectivity index (χ1) is 11.4. The van der Waals surface area contributed by atoms with E-state index < -0.39 is 27.2 Å². The number of nitro benzene ring substituents is 2. The van der Waals surface area contributed by atoms with E-state index >= 15 is 0 Å². The fourth-order valence-electron chi connectivity index (χ4n) is 1.77. The first kappa shape index (κ1) is 16.5. The van der Waals surface area contributed by atoms with Gasteiger partial charge in [-0.15, -0.1) is 0 Å². The van der Waals surface area contributed by atoms with Crippen LogP contribution in [0.3, 0.4) is 0 Å². The topological polar surface area (TPSA) is 151 Å². The van der Waals surface area contributed by atoms with Crippen LogP contribution in [0.4, 0.5) is 11.4 Å². The maximum absolute atomic E-state index is 11.8. The van der Waals surface area contributed by atoms with E-state index in [1.807, 2.05) is 0 Å². The van der Waals surface area contributed by atoms with Crippen LogP contribution in [-0.2, 0) is 0 Å². The predicted octanol–water partition coefficient (Wildman–Crippen LogP) is 1.34. The number of non-ortho nitro benzene ring substituents is 1. The number of benzene rings is 2. The van der Waals surface area contributed by atoms with Crippen LogP contribution in [0.25, 0.3) is 0 Å². The highest BCUT2D eigenvalue weighted by molar-refractivity contribution is 5.95. The van der Waals surface area contributed by atoms with Gasteiger partial charge in [0.1, 0.15) is 0 Å². The summed E-state index contributed by atoms with van der Waals surface area (Å²) < 4.78 is 0. The van der Waals surface area contributed by atoms with Gasteiger partial charge in [-0.05, 0) is 17.4 Å². The summed E-state index contributed by atoms with van der Waals surface area (Å²) in [6.45, 7) is 0. The zero-order valence-electron chi connectivity index (χ0n) is 11.9. The van der Waals surface area contributed by atoms with E-state index in [1.54, 1.807) is 0 Å². The number of para-hydroxylation sites is 1. The Balaban J connectivity index is 2.13. The van der Waals surface area contributed by atoms with Gasteiger partial charge in [0.15, 0.2) is 0 Å². The van der Waals surface area contributed by atoms with Crippen LogP contribution in [0.5, 0.6) is 5.75 Å². The summed E-state index contributed by atoms with van der Waals surface area (Å²) in [5.41, 5.74) is 1.15. The monoisotopic (exact) mass is 329 g/mol. The van der Waals surface area contributed by atoms with Gasteiger partial charge in [-0.2, -0.15) is 5.10 Å². The molecule has 2 aromatic carbocycles. The Hall–Kier alpha value is -3.82. The number of nitro groups is 2. The van der Waals surface area contributed by atoms with E-state index in [-0.39, 0.29) is 16.8 Å². The van der Waals surface area contributed by atoms with Crippen molar-refractivity contribution >= 4 is 23.5 Å². The number of carbonyl (C=O) groups is 1. The summed E-state index contributed by atoms with van der Waals surface area (Å²) in [6, 6.07) is 8.66.